The van der Waals surface area contributed by atoms with Crippen LogP contribution in [-0.2, 0) is 0 Å². The van der Waals surface area contributed by atoms with E-state index in [-0.39, 0.29) is 4.58 Å². The molecule has 0 aromatic carbocycles. The van der Waals surface area contributed by atoms with Crippen molar-refractivity contribution in [2.75, 3.05) is 11.5 Å². The SMILES string of the molecule is SCC(CS)CCC(S)S. The van der Waals surface area contributed by atoms with Crippen LogP contribution in [0, 0.1) is 5.92 Å². The topological polar surface area (TPSA) is 0 Å². The molecule has 0 spiro atoms. The van der Waals surface area contributed by atoms with Gasteiger partial charge < -0.3 is 0 Å². The van der Waals surface area contributed by atoms with Crippen molar-refractivity contribution in [3.05, 3.63) is 0 Å². The summed E-state index contributed by atoms with van der Waals surface area (Å²) in [6.45, 7) is 0. The summed E-state index contributed by atoms with van der Waals surface area (Å²) >= 11 is 16.7. The highest BCUT2D eigenvalue weighted by atomic mass is 32.2. The molecule has 10 heavy (non-hydrogen) atoms. The minimum atomic E-state index is 0.210. The number of thiol groups is 4. The van der Waals surface area contributed by atoms with Gasteiger partial charge in [-0.05, 0) is 30.3 Å². The second-order valence-corrected chi connectivity index (χ2v) is 4.67. The number of hydrogen-bond donors (Lipinski definition) is 4. The maximum atomic E-state index is 4.20. The Morgan fingerprint density at radius 2 is 1.40 bits per heavy atom. The first-order valence-corrected chi connectivity index (χ1v) is 5.58. The molecule has 0 unspecified atom stereocenters. The third kappa shape index (κ3) is 6.13. The lowest BCUT2D eigenvalue weighted by Gasteiger charge is -2.11. The van der Waals surface area contributed by atoms with E-state index in [4.69, 9.17) is 0 Å². The largest absolute Gasteiger partial charge is 0.179 e. The van der Waals surface area contributed by atoms with Gasteiger partial charge in [-0.1, -0.05) is 0 Å². The summed E-state index contributed by atoms with van der Waals surface area (Å²) in [6, 6.07) is 0. The van der Waals surface area contributed by atoms with Gasteiger partial charge in [0, 0.05) is 4.58 Å². The van der Waals surface area contributed by atoms with Gasteiger partial charge in [-0.25, -0.2) is 0 Å². The molecule has 0 aromatic heterocycles. The van der Waals surface area contributed by atoms with Crippen LogP contribution in [0.15, 0.2) is 0 Å². The summed E-state index contributed by atoms with van der Waals surface area (Å²) in [4.78, 5) is 0. The van der Waals surface area contributed by atoms with Gasteiger partial charge in [0.15, 0.2) is 0 Å². The minimum Gasteiger partial charge on any atom is -0.179 e. The fourth-order valence-electron chi connectivity index (χ4n) is 0.625. The molecule has 0 aliphatic carbocycles. The van der Waals surface area contributed by atoms with Crippen LogP contribution in [0.3, 0.4) is 0 Å². The van der Waals surface area contributed by atoms with Crippen LogP contribution in [0.1, 0.15) is 12.8 Å². The Kier molecular flexibility index (Phi) is 8.06. The van der Waals surface area contributed by atoms with Crippen molar-refractivity contribution < 1.29 is 0 Å². The van der Waals surface area contributed by atoms with E-state index in [9.17, 15) is 0 Å². The predicted molar refractivity (Wildman–Crippen MR) is 62.2 cm³/mol. The van der Waals surface area contributed by atoms with Gasteiger partial charge >= 0.3 is 0 Å². The molecule has 0 rings (SSSR count). The van der Waals surface area contributed by atoms with E-state index in [0.717, 1.165) is 24.3 Å². The molecule has 0 amide bonds. The molecule has 4 heteroatoms. The van der Waals surface area contributed by atoms with E-state index in [1.54, 1.807) is 0 Å². The summed E-state index contributed by atoms with van der Waals surface area (Å²) in [5.41, 5.74) is 0. The molecule has 0 bridgehead atoms. The standard InChI is InChI=1S/C6H14S4/c7-3-5(4-8)1-2-6(9)10/h5-10H,1-4H2. The smallest absolute Gasteiger partial charge is 0.0442 e. The van der Waals surface area contributed by atoms with E-state index in [1.807, 2.05) is 0 Å². The maximum Gasteiger partial charge on any atom is 0.0442 e. The van der Waals surface area contributed by atoms with Crippen LogP contribution in [0.2, 0.25) is 0 Å². The molecule has 0 saturated heterocycles. The molecule has 0 atom stereocenters. The second kappa shape index (κ2) is 7.07. The molecule has 0 fully saturated rings. The van der Waals surface area contributed by atoms with Crippen molar-refractivity contribution in [1.29, 1.82) is 0 Å². The van der Waals surface area contributed by atoms with Crippen molar-refractivity contribution in [1.82, 2.24) is 0 Å². The molecule has 0 saturated carbocycles. The Hall–Kier alpha value is 1.40. The van der Waals surface area contributed by atoms with Crippen molar-refractivity contribution in [3.63, 3.8) is 0 Å². The number of rotatable bonds is 5. The Morgan fingerprint density at radius 3 is 1.70 bits per heavy atom. The summed E-state index contributed by atoms with van der Waals surface area (Å²) in [5.74, 6) is 2.45. The highest BCUT2D eigenvalue weighted by Gasteiger charge is 2.05. The van der Waals surface area contributed by atoms with E-state index >= 15 is 0 Å². The van der Waals surface area contributed by atoms with Crippen molar-refractivity contribution in [2.24, 2.45) is 5.92 Å². The van der Waals surface area contributed by atoms with E-state index in [0.29, 0.717) is 5.92 Å². The molecule has 62 valence electrons. The highest BCUT2D eigenvalue weighted by molar-refractivity contribution is 7.99. The molecule has 0 nitrogen and oxygen atoms in total. The van der Waals surface area contributed by atoms with Gasteiger partial charge in [0.05, 0.1) is 0 Å². The zero-order chi connectivity index (χ0) is 7.98. The fourth-order valence-corrected chi connectivity index (χ4v) is 1.75. The third-order valence-corrected chi connectivity index (χ3v) is 2.90. The first kappa shape index (κ1) is 11.4. The van der Waals surface area contributed by atoms with Gasteiger partial charge in [-0.2, -0.15) is 50.5 Å². The van der Waals surface area contributed by atoms with E-state index in [1.165, 1.54) is 0 Å². The maximum absolute atomic E-state index is 4.20. The lowest BCUT2D eigenvalue weighted by atomic mass is 10.1. The lowest BCUT2D eigenvalue weighted by molar-refractivity contribution is 0.594. The summed E-state index contributed by atoms with van der Waals surface area (Å²) < 4.78 is 0.210. The average Bonchev–Trinajstić information content (AvgIpc) is 1.90. The molecular weight excluding hydrogens is 200 g/mol. The molecule has 0 radical (unpaired) electrons. The third-order valence-electron chi connectivity index (χ3n) is 1.35. The Morgan fingerprint density at radius 1 is 0.900 bits per heavy atom. The molecule has 0 heterocycles. The van der Waals surface area contributed by atoms with Gasteiger partial charge in [-0.3, -0.25) is 0 Å². The van der Waals surface area contributed by atoms with Gasteiger partial charge in [-0.15, -0.1) is 0 Å². The summed E-state index contributed by atoms with van der Waals surface area (Å²) in [7, 11) is 0. The van der Waals surface area contributed by atoms with Crippen LogP contribution >= 0.6 is 50.5 Å². The van der Waals surface area contributed by atoms with Crippen LogP contribution in [0.25, 0.3) is 0 Å². The highest BCUT2D eigenvalue weighted by Crippen LogP contribution is 2.16. The predicted octanol–water partition coefficient (Wildman–Crippen LogP) is 2.43. The van der Waals surface area contributed by atoms with Crippen LogP contribution < -0.4 is 0 Å². The first-order valence-electron chi connectivity index (χ1n) is 3.28. The first-order chi connectivity index (χ1) is 4.70. The monoisotopic (exact) mass is 214 g/mol. The average molecular weight is 214 g/mol. The quantitative estimate of drug-likeness (QED) is 0.392. The van der Waals surface area contributed by atoms with Crippen molar-refractivity contribution in [3.8, 4) is 0 Å². The fraction of sp³-hybridized carbons (Fsp3) is 1.00. The zero-order valence-electron chi connectivity index (χ0n) is 5.77. The van der Waals surface area contributed by atoms with Crippen LogP contribution in [0.4, 0.5) is 0 Å². The minimum absolute atomic E-state index is 0.210. The Bertz CT molecular complexity index is 70.1. The van der Waals surface area contributed by atoms with E-state index < -0.39 is 0 Å². The Balaban J connectivity index is 3.26. The lowest BCUT2D eigenvalue weighted by Crippen LogP contribution is -2.05. The molecule has 0 aliphatic rings. The van der Waals surface area contributed by atoms with Crippen LogP contribution in [0.5, 0.6) is 0 Å². The Labute approximate surface area is 85.2 Å². The molecule has 0 N–H and O–H groups in total. The molecule has 0 aromatic rings. The second-order valence-electron chi connectivity index (χ2n) is 2.29. The molecular formula is C6H14S4. The van der Waals surface area contributed by atoms with Gasteiger partial charge in [0.1, 0.15) is 0 Å². The molecule has 0 aliphatic heterocycles. The van der Waals surface area contributed by atoms with Crippen LogP contribution in [-0.4, -0.2) is 16.1 Å². The van der Waals surface area contributed by atoms with Crippen molar-refractivity contribution in [2.45, 2.75) is 17.4 Å². The summed E-state index contributed by atoms with van der Waals surface area (Å²) in [5, 5.41) is 0. The normalized spacial score (nSPS) is 11.4. The van der Waals surface area contributed by atoms with Gasteiger partial charge in [0.2, 0.25) is 0 Å². The van der Waals surface area contributed by atoms with Gasteiger partial charge in [0.25, 0.3) is 0 Å². The summed E-state index contributed by atoms with van der Waals surface area (Å²) in [6.07, 6.45) is 2.17. The zero-order valence-corrected chi connectivity index (χ0v) is 9.35. The van der Waals surface area contributed by atoms with E-state index in [2.05, 4.69) is 50.5 Å². The number of hydrogen-bond acceptors (Lipinski definition) is 4. The van der Waals surface area contributed by atoms with Crippen molar-refractivity contribution >= 4 is 50.5 Å².